The number of ether oxygens (including phenoxy) is 1. The van der Waals surface area contributed by atoms with Crippen LogP contribution in [0.3, 0.4) is 0 Å². The van der Waals surface area contributed by atoms with Gasteiger partial charge in [-0.05, 0) is 25.8 Å². The van der Waals surface area contributed by atoms with Gasteiger partial charge in [-0.25, -0.2) is 9.50 Å². The highest BCUT2D eigenvalue weighted by Gasteiger charge is 2.19. The van der Waals surface area contributed by atoms with Crippen LogP contribution >= 0.6 is 0 Å². The van der Waals surface area contributed by atoms with E-state index >= 15 is 0 Å². The second-order valence-corrected chi connectivity index (χ2v) is 3.68. The lowest BCUT2D eigenvalue weighted by atomic mass is 10.1. The van der Waals surface area contributed by atoms with Gasteiger partial charge >= 0.3 is 0 Å². The molecule has 1 unspecified atom stereocenters. The van der Waals surface area contributed by atoms with Crippen molar-refractivity contribution in [3.8, 4) is 0 Å². The monoisotopic (exact) mass is 204 g/mol. The molecule has 0 aliphatic carbocycles. The first-order chi connectivity index (χ1) is 6.86. The molecule has 0 aromatic rings. The van der Waals surface area contributed by atoms with Gasteiger partial charge in [0.05, 0.1) is 19.3 Å². The van der Waals surface area contributed by atoms with Gasteiger partial charge in [-0.1, -0.05) is 0 Å². The van der Waals surface area contributed by atoms with Crippen molar-refractivity contribution in [2.24, 2.45) is 0 Å². The van der Waals surface area contributed by atoms with Crippen LogP contribution in [0, 0.1) is 0 Å². The molecule has 1 fully saturated rings. The van der Waals surface area contributed by atoms with Gasteiger partial charge < -0.3 is 9.64 Å². The highest BCUT2D eigenvalue weighted by Crippen LogP contribution is 2.13. The molecule has 1 atom stereocenters. The summed E-state index contributed by atoms with van der Waals surface area (Å²) >= 11 is 0. The molecule has 0 spiro atoms. The molecule has 1 radical (unpaired) electrons. The maximum atomic E-state index is 11.9. The minimum Gasteiger partial charge on any atom is -0.374 e. The Kier molecular flexibility index (Phi) is 6.07. The molecule has 83 valence electrons. The molecule has 0 amide bonds. The molecule has 0 aromatic heterocycles. The molecule has 1 saturated heterocycles. The van der Waals surface area contributed by atoms with E-state index in [1.807, 2.05) is 0 Å². The Bertz CT molecular complexity index is 132. The van der Waals surface area contributed by atoms with Crippen molar-refractivity contribution in [3.63, 3.8) is 0 Å². The zero-order chi connectivity index (χ0) is 10.2. The fourth-order valence-corrected chi connectivity index (χ4v) is 1.85. The first-order valence-electron chi connectivity index (χ1n) is 5.35. The summed E-state index contributed by atoms with van der Waals surface area (Å²) in [6.07, 6.45) is 2.99. The van der Waals surface area contributed by atoms with E-state index in [-0.39, 0.29) is 19.3 Å². The van der Waals surface area contributed by atoms with E-state index in [4.69, 9.17) is 4.74 Å². The predicted molar refractivity (Wildman–Crippen MR) is 51.6 cm³/mol. The molecule has 0 saturated carbocycles. The first-order valence-corrected chi connectivity index (χ1v) is 5.35. The zero-order valence-corrected chi connectivity index (χ0v) is 8.58. The maximum absolute atomic E-state index is 11.9. The normalized spacial score (nSPS) is 24.0. The number of rotatable bonds is 6. The van der Waals surface area contributed by atoms with Crippen LogP contribution in [0.1, 0.15) is 19.3 Å². The Morgan fingerprint density at radius 2 is 2.36 bits per heavy atom. The van der Waals surface area contributed by atoms with Gasteiger partial charge in [0, 0.05) is 13.1 Å². The molecular weight excluding hydrogens is 185 g/mol. The number of alkyl halides is 1. The van der Waals surface area contributed by atoms with Crippen molar-refractivity contribution in [1.82, 2.24) is 4.90 Å². The lowest BCUT2D eigenvalue weighted by Crippen LogP contribution is -2.40. The van der Waals surface area contributed by atoms with Gasteiger partial charge in [0.15, 0.2) is 0 Å². The summed E-state index contributed by atoms with van der Waals surface area (Å²) in [6, 6.07) is 0. The molecule has 0 bridgehead atoms. The molecule has 0 aromatic carbocycles. The summed E-state index contributed by atoms with van der Waals surface area (Å²) in [7, 11) is 0. The summed E-state index contributed by atoms with van der Waals surface area (Å²) in [4.78, 5) is 2.24. The molecule has 3 nitrogen and oxygen atoms in total. The fraction of sp³-hybridized carbons (Fsp3) is 1.00. The van der Waals surface area contributed by atoms with Gasteiger partial charge in [0.25, 0.3) is 0 Å². The van der Waals surface area contributed by atoms with Crippen LogP contribution in [0.15, 0.2) is 0 Å². The van der Waals surface area contributed by atoms with Crippen molar-refractivity contribution in [3.05, 3.63) is 0 Å². The smallest absolute Gasteiger partial charge is 0.113 e. The van der Waals surface area contributed by atoms with Crippen molar-refractivity contribution >= 4 is 0 Å². The van der Waals surface area contributed by atoms with Crippen LogP contribution in [0.25, 0.3) is 0 Å². The highest BCUT2D eigenvalue weighted by atomic mass is 19.1. The summed E-state index contributed by atoms with van der Waals surface area (Å²) in [5, 5.41) is 10.3. The molecule has 0 N–H and O–H groups in total. The maximum Gasteiger partial charge on any atom is 0.113 e. The Balaban J connectivity index is 2.14. The van der Waals surface area contributed by atoms with E-state index in [9.17, 15) is 9.50 Å². The van der Waals surface area contributed by atoms with Crippen LogP contribution in [0.2, 0.25) is 0 Å². The lowest BCUT2D eigenvalue weighted by Gasteiger charge is -2.32. The summed E-state index contributed by atoms with van der Waals surface area (Å²) < 4.78 is 17.2. The minimum atomic E-state index is -0.406. The van der Waals surface area contributed by atoms with Crippen LogP contribution in [-0.2, 0) is 9.84 Å². The zero-order valence-electron chi connectivity index (χ0n) is 8.58. The number of nitrogens with zero attached hydrogens (tertiary/aromatic N) is 1. The predicted octanol–water partition coefficient (Wildman–Crippen LogP) is 1.26. The van der Waals surface area contributed by atoms with Crippen LogP contribution < -0.4 is 0 Å². The average molecular weight is 204 g/mol. The number of hydrogen-bond acceptors (Lipinski definition) is 2. The van der Waals surface area contributed by atoms with Crippen molar-refractivity contribution < 1.29 is 14.2 Å². The Morgan fingerprint density at radius 1 is 1.50 bits per heavy atom. The second-order valence-electron chi connectivity index (χ2n) is 3.68. The van der Waals surface area contributed by atoms with E-state index in [0.717, 1.165) is 32.5 Å². The van der Waals surface area contributed by atoms with Gasteiger partial charge in [-0.15, -0.1) is 0 Å². The number of hydrogen-bond donors (Lipinski definition) is 0. The van der Waals surface area contributed by atoms with Crippen LogP contribution in [0.4, 0.5) is 4.39 Å². The molecule has 1 aliphatic rings. The van der Waals surface area contributed by atoms with Gasteiger partial charge in [0.1, 0.15) is 6.67 Å². The topological polar surface area (TPSA) is 32.4 Å². The molecule has 1 aliphatic heterocycles. The minimum absolute atomic E-state index is 0.00744. The van der Waals surface area contributed by atoms with Crippen LogP contribution in [0.5, 0.6) is 0 Å². The van der Waals surface area contributed by atoms with E-state index in [1.54, 1.807) is 0 Å². The van der Waals surface area contributed by atoms with Crippen LogP contribution in [-0.4, -0.2) is 50.5 Å². The van der Waals surface area contributed by atoms with Crippen molar-refractivity contribution in [2.45, 2.75) is 25.4 Å². The van der Waals surface area contributed by atoms with E-state index in [0.29, 0.717) is 6.42 Å². The first kappa shape index (κ1) is 11.9. The molecule has 1 rings (SSSR count). The van der Waals surface area contributed by atoms with E-state index in [1.165, 1.54) is 0 Å². The third kappa shape index (κ3) is 4.35. The van der Waals surface area contributed by atoms with Gasteiger partial charge in [0.2, 0.25) is 0 Å². The number of likely N-dealkylation sites (tertiary alicyclic amines) is 1. The van der Waals surface area contributed by atoms with E-state index < -0.39 is 6.67 Å². The highest BCUT2D eigenvalue weighted by molar-refractivity contribution is 4.73. The largest absolute Gasteiger partial charge is 0.374 e. The third-order valence-electron chi connectivity index (χ3n) is 2.51. The van der Waals surface area contributed by atoms with Crippen molar-refractivity contribution in [2.75, 3.05) is 39.5 Å². The molecular formula is C10H19FNO2. The van der Waals surface area contributed by atoms with Gasteiger partial charge in [-0.3, -0.25) is 0 Å². The van der Waals surface area contributed by atoms with E-state index in [2.05, 4.69) is 4.90 Å². The standard InChI is InChI=1S/C10H19FNO2/c11-4-8-14-10-3-1-5-12(9-10)6-2-7-13/h10H,1-9H2. The number of piperidine rings is 1. The van der Waals surface area contributed by atoms with Gasteiger partial charge in [-0.2, -0.15) is 0 Å². The Hall–Kier alpha value is -0.190. The molecule has 14 heavy (non-hydrogen) atoms. The molecule has 1 heterocycles. The molecule has 4 heteroatoms. The summed E-state index contributed by atoms with van der Waals surface area (Å²) in [5.74, 6) is 0. The summed E-state index contributed by atoms with van der Waals surface area (Å²) in [5.41, 5.74) is 0. The summed E-state index contributed by atoms with van der Waals surface area (Å²) in [6.45, 7) is 2.57. The second kappa shape index (κ2) is 7.15. The number of halogens is 1. The SMILES string of the molecule is [O]CCCN1CCCC(OCCF)C1. The third-order valence-corrected chi connectivity index (χ3v) is 2.51. The Labute approximate surface area is 84.9 Å². The van der Waals surface area contributed by atoms with Crippen molar-refractivity contribution in [1.29, 1.82) is 0 Å². The lowest BCUT2D eigenvalue weighted by molar-refractivity contribution is -0.00709. The average Bonchev–Trinajstić information content (AvgIpc) is 2.24. The Morgan fingerprint density at radius 3 is 3.07 bits per heavy atom. The fourth-order valence-electron chi connectivity index (χ4n) is 1.85. The quantitative estimate of drug-likeness (QED) is 0.652.